The molecule has 2 fully saturated rings. The van der Waals surface area contributed by atoms with E-state index in [0.29, 0.717) is 11.5 Å². The fourth-order valence-corrected chi connectivity index (χ4v) is 6.64. The van der Waals surface area contributed by atoms with E-state index in [1.807, 2.05) is 18.2 Å². The summed E-state index contributed by atoms with van der Waals surface area (Å²) in [5.41, 5.74) is 12.6. The Hall–Kier alpha value is -3.89. The predicted molar refractivity (Wildman–Crippen MR) is 161 cm³/mol. The number of aromatic nitrogens is 2. The number of para-hydroxylation sites is 2. The Morgan fingerprint density at radius 2 is 1.68 bits per heavy atom. The van der Waals surface area contributed by atoms with E-state index in [4.69, 9.17) is 10.7 Å². The van der Waals surface area contributed by atoms with Gasteiger partial charge >= 0.3 is 0 Å². The van der Waals surface area contributed by atoms with Crippen LogP contribution < -0.4 is 10.6 Å². The highest BCUT2D eigenvalue weighted by molar-refractivity contribution is 5.86. The first kappa shape index (κ1) is 27.7. The van der Waals surface area contributed by atoms with Gasteiger partial charge in [0.05, 0.1) is 16.6 Å². The number of amides is 1. The van der Waals surface area contributed by atoms with Crippen molar-refractivity contribution in [1.82, 2.24) is 14.3 Å². The van der Waals surface area contributed by atoms with Crippen LogP contribution in [0.3, 0.4) is 0 Å². The third kappa shape index (κ3) is 5.16. The van der Waals surface area contributed by atoms with Gasteiger partial charge in [0.25, 0.3) is 0 Å². The number of carbonyl (C=O) groups is 1. The van der Waals surface area contributed by atoms with E-state index in [9.17, 15) is 10.1 Å². The van der Waals surface area contributed by atoms with Crippen LogP contribution in [-0.4, -0.2) is 46.4 Å². The van der Waals surface area contributed by atoms with Crippen molar-refractivity contribution < 1.29 is 4.79 Å². The Kier molecular flexibility index (Phi) is 8.09. The Balaban J connectivity index is 0.00000323. The Labute approximate surface area is 237 Å². The number of hydrogen-bond donors (Lipinski definition) is 1. The number of rotatable bonds is 6. The number of benzene rings is 2. The van der Waals surface area contributed by atoms with Crippen LogP contribution in [0.5, 0.6) is 0 Å². The van der Waals surface area contributed by atoms with E-state index in [-0.39, 0.29) is 19.3 Å². The number of anilines is 1. The second-order valence-electron chi connectivity index (χ2n) is 11.2. The largest absolute Gasteiger partial charge is 0.369 e. The average Bonchev–Trinajstić information content (AvgIpc) is 3.34. The monoisotopic (exact) mass is 536 g/mol. The maximum Gasteiger partial charge on any atom is 0.220 e. The molecule has 4 heterocycles. The fraction of sp³-hybridized carbons (Fsp3) is 0.424. The predicted octanol–water partition coefficient (Wildman–Crippen LogP) is 5.46. The Morgan fingerprint density at radius 3 is 2.35 bits per heavy atom. The molecule has 0 radical (unpaired) electrons. The smallest absolute Gasteiger partial charge is 0.220 e. The minimum absolute atomic E-state index is 0. The summed E-state index contributed by atoms with van der Waals surface area (Å²) in [5, 5.41) is 10.4. The van der Waals surface area contributed by atoms with Gasteiger partial charge in [0.2, 0.25) is 5.91 Å². The molecule has 0 unspecified atom stereocenters. The average molecular weight is 537 g/mol. The minimum atomic E-state index is -0.205. The zero-order valence-corrected chi connectivity index (χ0v) is 22.6. The van der Waals surface area contributed by atoms with Gasteiger partial charge in [-0.25, -0.2) is 4.98 Å². The first-order valence-electron chi connectivity index (χ1n) is 14.2. The second kappa shape index (κ2) is 11.7. The molecule has 2 aromatic heterocycles. The van der Waals surface area contributed by atoms with Gasteiger partial charge in [-0.15, -0.1) is 0 Å². The Morgan fingerprint density at radius 1 is 1.00 bits per heavy atom. The normalized spacial score (nSPS) is 17.1. The molecule has 2 aromatic carbocycles. The lowest BCUT2D eigenvalue weighted by molar-refractivity contribution is -0.122. The maximum atomic E-state index is 11.8. The highest BCUT2D eigenvalue weighted by atomic mass is 16.1. The van der Waals surface area contributed by atoms with Gasteiger partial charge in [-0.05, 0) is 86.9 Å². The minimum Gasteiger partial charge on any atom is -0.369 e. The highest BCUT2D eigenvalue weighted by Crippen LogP contribution is 2.37. The first-order valence-corrected chi connectivity index (χ1v) is 14.2. The molecule has 208 valence electrons. The molecular formula is C33H40N6O. The summed E-state index contributed by atoms with van der Waals surface area (Å²) in [6.07, 6.45) is 4.63. The number of carbonyl (C=O) groups excluding carboxylic acids is 1. The van der Waals surface area contributed by atoms with Crippen LogP contribution in [0.15, 0.2) is 54.6 Å². The van der Waals surface area contributed by atoms with Crippen LogP contribution in [0.4, 0.5) is 5.82 Å². The van der Waals surface area contributed by atoms with E-state index in [1.54, 1.807) is 0 Å². The van der Waals surface area contributed by atoms with Crippen molar-refractivity contribution in [2.24, 2.45) is 17.6 Å². The van der Waals surface area contributed by atoms with Crippen molar-refractivity contribution >= 4 is 28.4 Å². The van der Waals surface area contributed by atoms with Crippen molar-refractivity contribution in [1.29, 1.82) is 5.26 Å². The molecule has 0 saturated carbocycles. The number of primary amides is 1. The quantitative estimate of drug-likeness (QED) is 0.353. The lowest BCUT2D eigenvalue weighted by Gasteiger charge is -2.35. The van der Waals surface area contributed by atoms with Gasteiger partial charge in [0.15, 0.2) is 5.65 Å². The number of pyridine rings is 1. The van der Waals surface area contributed by atoms with Gasteiger partial charge in [-0.3, -0.25) is 14.1 Å². The van der Waals surface area contributed by atoms with Crippen molar-refractivity contribution in [3.05, 3.63) is 76.9 Å². The summed E-state index contributed by atoms with van der Waals surface area (Å²) in [6.45, 7) is 6.84. The molecule has 7 heteroatoms. The molecule has 2 aliphatic rings. The zero-order valence-electron chi connectivity index (χ0n) is 22.6. The van der Waals surface area contributed by atoms with Gasteiger partial charge in [0.1, 0.15) is 11.9 Å². The molecule has 6 rings (SSSR count). The third-order valence-electron chi connectivity index (χ3n) is 8.84. The third-order valence-corrected chi connectivity index (χ3v) is 8.84. The number of imidazole rings is 1. The van der Waals surface area contributed by atoms with Gasteiger partial charge in [-0.2, -0.15) is 5.26 Å². The lowest BCUT2D eigenvalue weighted by Crippen LogP contribution is -2.40. The SMILES string of the molecule is C.Cc1c(CC2CCN(Cc3ccccc3)CC2)c(C#N)c2nc3ccccc3n2c1N1CCC(C(N)=O)CC1. The number of hydrogen-bond acceptors (Lipinski definition) is 5. The molecule has 2 N–H and O–H groups in total. The molecule has 2 saturated heterocycles. The van der Waals surface area contributed by atoms with Crippen LogP contribution >= 0.6 is 0 Å². The highest BCUT2D eigenvalue weighted by Gasteiger charge is 2.30. The van der Waals surface area contributed by atoms with E-state index >= 15 is 0 Å². The summed E-state index contributed by atoms with van der Waals surface area (Å²) in [5.74, 6) is 1.36. The van der Waals surface area contributed by atoms with Crippen molar-refractivity contribution in [2.45, 2.75) is 53.0 Å². The summed E-state index contributed by atoms with van der Waals surface area (Å²) in [6, 6.07) is 21.4. The molecule has 0 bridgehead atoms. The van der Waals surface area contributed by atoms with Crippen LogP contribution in [0, 0.1) is 30.1 Å². The molecule has 1 amide bonds. The molecule has 2 aliphatic heterocycles. The molecule has 7 nitrogen and oxygen atoms in total. The molecule has 0 aliphatic carbocycles. The van der Waals surface area contributed by atoms with E-state index < -0.39 is 0 Å². The number of nitrogens with two attached hydrogens (primary N) is 1. The lowest BCUT2D eigenvalue weighted by atomic mass is 9.86. The molecule has 0 atom stereocenters. The summed E-state index contributed by atoms with van der Waals surface area (Å²) in [7, 11) is 0. The van der Waals surface area contributed by atoms with Crippen molar-refractivity contribution in [3.8, 4) is 6.07 Å². The Bertz CT molecular complexity index is 1540. The van der Waals surface area contributed by atoms with Crippen LogP contribution in [-0.2, 0) is 17.8 Å². The zero-order chi connectivity index (χ0) is 26.9. The fourth-order valence-electron chi connectivity index (χ4n) is 6.64. The number of fused-ring (bicyclic) bond motifs is 3. The van der Waals surface area contributed by atoms with Crippen molar-refractivity contribution in [2.75, 3.05) is 31.1 Å². The van der Waals surface area contributed by atoms with Gasteiger partial charge in [0, 0.05) is 25.6 Å². The number of nitrogens with zero attached hydrogens (tertiary/aromatic N) is 5. The number of piperidine rings is 2. The molecule has 0 spiro atoms. The van der Waals surface area contributed by atoms with Crippen molar-refractivity contribution in [3.63, 3.8) is 0 Å². The topological polar surface area (TPSA) is 90.7 Å². The maximum absolute atomic E-state index is 11.8. The van der Waals surface area contributed by atoms with Crippen LogP contribution in [0.1, 0.15) is 55.4 Å². The van der Waals surface area contributed by atoms with Gasteiger partial charge < -0.3 is 10.6 Å². The van der Waals surface area contributed by atoms with E-state index in [1.165, 1.54) is 5.56 Å². The standard InChI is InChI=1S/C32H36N6O.CH4/c1-22-26(19-23-11-15-36(16-12-23)21-24-7-3-2-4-8-24)27(20-33)31-35-28-9-5-6-10-29(28)38(31)32(22)37-17-13-25(14-18-37)30(34)39;/h2-10,23,25H,11-19,21H2,1H3,(H2,34,39);1H4. The first-order chi connectivity index (χ1) is 19.0. The number of nitriles is 1. The molecule has 4 aromatic rings. The number of likely N-dealkylation sites (tertiary alicyclic amines) is 1. The van der Waals surface area contributed by atoms with E-state index in [2.05, 4.69) is 63.6 Å². The second-order valence-corrected chi connectivity index (χ2v) is 11.2. The van der Waals surface area contributed by atoms with Crippen LogP contribution in [0.2, 0.25) is 0 Å². The molecular weight excluding hydrogens is 496 g/mol. The van der Waals surface area contributed by atoms with E-state index in [0.717, 1.165) is 98.5 Å². The van der Waals surface area contributed by atoms with Gasteiger partial charge in [-0.1, -0.05) is 49.9 Å². The molecule has 40 heavy (non-hydrogen) atoms. The summed E-state index contributed by atoms with van der Waals surface area (Å²) < 4.78 is 2.18. The summed E-state index contributed by atoms with van der Waals surface area (Å²) in [4.78, 5) is 21.7. The summed E-state index contributed by atoms with van der Waals surface area (Å²) >= 11 is 0. The van der Waals surface area contributed by atoms with Crippen LogP contribution in [0.25, 0.3) is 16.7 Å².